The first kappa shape index (κ1) is 31.2. The molecule has 2 aromatic rings. The number of methoxy groups -OCH3 is 2. The van der Waals surface area contributed by atoms with E-state index < -0.39 is 65.6 Å². The van der Waals surface area contributed by atoms with Gasteiger partial charge in [-0.15, -0.1) is 0 Å². The molecule has 0 aromatic heterocycles. The number of nitrogens with zero attached hydrogens (tertiary/aromatic N) is 1. The predicted molar refractivity (Wildman–Crippen MR) is 157 cm³/mol. The molecule has 7 rings (SSSR count). The van der Waals surface area contributed by atoms with Crippen molar-refractivity contribution in [3.05, 3.63) is 51.6 Å². The van der Waals surface area contributed by atoms with Crippen LogP contribution in [0.2, 0.25) is 0 Å². The van der Waals surface area contributed by atoms with Crippen LogP contribution in [0, 0.1) is 5.41 Å². The zero-order valence-corrected chi connectivity index (χ0v) is 25.9. The number of phenols is 2. The van der Waals surface area contributed by atoms with Gasteiger partial charge in [0.1, 0.15) is 35.7 Å². The van der Waals surface area contributed by atoms with E-state index in [-0.39, 0.29) is 64.1 Å². The SMILES string of the molecule is COc1cccc2c1C(=O)c1c(O)c3c(c(O)c1C2=O)C[C@@](C)(C(O)C=O)C[C@@H]3O[C@H]1C[C@H]2[C@H](O[C@@H]3[C@@H](OC)OCCN32)[C@H](C)O1. The van der Waals surface area contributed by atoms with E-state index in [1.54, 1.807) is 20.1 Å². The Labute approximate surface area is 264 Å². The molecule has 246 valence electrons. The number of ketones is 2. The van der Waals surface area contributed by atoms with Crippen LogP contribution in [-0.2, 0) is 34.9 Å². The zero-order chi connectivity index (χ0) is 32.7. The Morgan fingerprint density at radius 1 is 1.09 bits per heavy atom. The number of aldehydes is 1. The summed E-state index contributed by atoms with van der Waals surface area (Å²) in [6.07, 6.45) is -4.23. The van der Waals surface area contributed by atoms with Gasteiger partial charge in [-0.25, -0.2) is 0 Å². The van der Waals surface area contributed by atoms with E-state index >= 15 is 0 Å². The number of ether oxygens (including phenoxy) is 6. The lowest BCUT2D eigenvalue weighted by Gasteiger charge is -2.45. The van der Waals surface area contributed by atoms with E-state index in [1.807, 2.05) is 6.92 Å². The standard InChI is InChI=1S/C33H37NO12/c1-14-30-17(34-8-9-43-32(42-4)31(34)46-30)10-21(44-14)45-19-12-33(2,20(36)13-35)11-16-23(19)29(40)25-24(27(16)38)26(37)15-6-5-7-18(41-3)22(15)28(25)39/h5-7,13-14,17,19-21,30-32,36,38,40H,8-12H2,1-4H3/t14-,17-,19-,20?,21-,30+,31+,32-,33+/m0/s1. The minimum Gasteiger partial charge on any atom is -0.507 e. The van der Waals surface area contributed by atoms with E-state index in [9.17, 15) is 29.7 Å². The summed E-state index contributed by atoms with van der Waals surface area (Å²) >= 11 is 0. The van der Waals surface area contributed by atoms with Crippen molar-refractivity contribution in [1.82, 2.24) is 4.90 Å². The minimum absolute atomic E-state index is 0.0159. The van der Waals surface area contributed by atoms with E-state index in [2.05, 4.69) is 4.90 Å². The molecule has 3 saturated heterocycles. The topological polar surface area (TPSA) is 171 Å². The number of phenolic OH excluding ortho intramolecular Hbond substituents is 2. The average molecular weight is 640 g/mol. The Balaban J connectivity index is 1.30. The highest BCUT2D eigenvalue weighted by atomic mass is 16.7. The van der Waals surface area contributed by atoms with Crippen molar-refractivity contribution in [3.8, 4) is 17.2 Å². The van der Waals surface area contributed by atoms with Crippen molar-refractivity contribution in [3.63, 3.8) is 0 Å². The molecular weight excluding hydrogens is 602 g/mol. The van der Waals surface area contributed by atoms with Crippen LogP contribution in [0.1, 0.15) is 75.8 Å². The van der Waals surface area contributed by atoms with Crippen LogP contribution in [0.4, 0.5) is 0 Å². The third kappa shape index (κ3) is 4.52. The number of morpholine rings is 1. The van der Waals surface area contributed by atoms with E-state index in [0.29, 0.717) is 25.9 Å². The molecular formula is C33H37NO12. The number of fused-ring (bicyclic) bond motifs is 6. The second-order valence-corrected chi connectivity index (χ2v) is 12.9. The van der Waals surface area contributed by atoms with E-state index in [1.165, 1.54) is 19.2 Å². The first-order valence-electron chi connectivity index (χ1n) is 15.4. The van der Waals surface area contributed by atoms with Gasteiger partial charge in [-0.05, 0) is 25.8 Å². The largest absolute Gasteiger partial charge is 0.507 e. The molecule has 0 amide bonds. The summed E-state index contributed by atoms with van der Waals surface area (Å²) in [6.45, 7) is 4.61. The van der Waals surface area contributed by atoms with Gasteiger partial charge in [0.25, 0.3) is 0 Å². The predicted octanol–water partition coefficient (Wildman–Crippen LogP) is 1.98. The van der Waals surface area contributed by atoms with Crippen LogP contribution in [0.25, 0.3) is 0 Å². The highest BCUT2D eigenvalue weighted by Gasteiger charge is 2.55. The third-order valence-corrected chi connectivity index (χ3v) is 10.3. The van der Waals surface area contributed by atoms with Crippen molar-refractivity contribution >= 4 is 17.9 Å². The van der Waals surface area contributed by atoms with Crippen LogP contribution in [0.5, 0.6) is 17.2 Å². The quantitative estimate of drug-likeness (QED) is 0.265. The number of aromatic hydroxyl groups is 2. The highest BCUT2D eigenvalue weighted by molar-refractivity contribution is 6.31. The fraction of sp³-hybridized carbons (Fsp3) is 0.545. The second kappa shape index (κ2) is 11.4. The zero-order valence-electron chi connectivity index (χ0n) is 25.9. The Kier molecular flexibility index (Phi) is 7.71. The molecule has 2 aromatic carbocycles. The maximum absolute atomic E-state index is 13.9. The van der Waals surface area contributed by atoms with Crippen LogP contribution < -0.4 is 4.74 Å². The summed E-state index contributed by atoms with van der Waals surface area (Å²) in [4.78, 5) is 41.7. The molecule has 5 aliphatic rings. The first-order valence-corrected chi connectivity index (χ1v) is 15.4. The molecule has 0 radical (unpaired) electrons. The molecule has 1 unspecified atom stereocenters. The van der Waals surface area contributed by atoms with E-state index in [4.69, 9.17) is 28.4 Å². The number of hydrogen-bond donors (Lipinski definition) is 3. The lowest BCUT2D eigenvalue weighted by atomic mass is 9.66. The van der Waals surface area contributed by atoms with Crippen molar-refractivity contribution in [2.24, 2.45) is 5.41 Å². The molecule has 0 bridgehead atoms. The van der Waals surface area contributed by atoms with Crippen molar-refractivity contribution < 1.29 is 58.1 Å². The summed E-state index contributed by atoms with van der Waals surface area (Å²) in [6, 6.07) is 4.45. The first-order chi connectivity index (χ1) is 22.0. The number of aliphatic hydroxyl groups is 1. The van der Waals surface area contributed by atoms with Gasteiger partial charge in [0.2, 0.25) is 5.78 Å². The number of benzene rings is 2. The van der Waals surface area contributed by atoms with Crippen molar-refractivity contribution in [2.75, 3.05) is 27.4 Å². The van der Waals surface area contributed by atoms with Gasteiger partial charge in [-0.1, -0.05) is 19.1 Å². The van der Waals surface area contributed by atoms with Gasteiger partial charge in [0.15, 0.2) is 24.6 Å². The van der Waals surface area contributed by atoms with E-state index in [0.717, 1.165) is 0 Å². The summed E-state index contributed by atoms with van der Waals surface area (Å²) in [5.74, 6) is -2.20. The number of aliphatic hydroxyl groups excluding tert-OH is 1. The molecule has 0 saturated carbocycles. The van der Waals surface area contributed by atoms with Crippen molar-refractivity contribution in [1.29, 1.82) is 0 Å². The smallest absolute Gasteiger partial charge is 0.202 e. The fourth-order valence-electron chi connectivity index (χ4n) is 7.95. The summed E-state index contributed by atoms with van der Waals surface area (Å²) < 4.78 is 35.7. The van der Waals surface area contributed by atoms with Crippen LogP contribution in [0.15, 0.2) is 18.2 Å². The maximum Gasteiger partial charge on any atom is 0.202 e. The molecule has 2 aliphatic carbocycles. The summed E-state index contributed by atoms with van der Waals surface area (Å²) in [7, 11) is 2.93. The molecule has 3 N–H and O–H groups in total. The lowest BCUT2D eigenvalue weighted by Crippen LogP contribution is -2.55. The summed E-state index contributed by atoms with van der Waals surface area (Å²) in [5, 5.41) is 34.3. The Hall–Kier alpha value is -3.43. The third-order valence-electron chi connectivity index (χ3n) is 10.3. The number of hydrogen-bond acceptors (Lipinski definition) is 13. The lowest BCUT2D eigenvalue weighted by molar-refractivity contribution is -0.256. The Bertz CT molecular complexity index is 1610. The molecule has 13 nitrogen and oxygen atoms in total. The van der Waals surface area contributed by atoms with Crippen molar-refractivity contribution in [2.45, 2.75) is 82.4 Å². The number of rotatable bonds is 6. The van der Waals surface area contributed by atoms with Crippen LogP contribution >= 0.6 is 0 Å². The number of carbonyl (C=O) groups is 3. The van der Waals surface area contributed by atoms with Gasteiger partial charge < -0.3 is 48.5 Å². The molecule has 3 aliphatic heterocycles. The monoisotopic (exact) mass is 639 g/mol. The molecule has 0 spiro atoms. The molecule has 9 atom stereocenters. The normalized spacial score (nSPS) is 34.2. The van der Waals surface area contributed by atoms with Crippen LogP contribution in [0.3, 0.4) is 0 Å². The molecule has 46 heavy (non-hydrogen) atoms. The van der Waals surface area contributed by atoms with Gasteiger partial charge in [-0.2, -0.15) is 0 Å². The molecule has 3 heterocycles. The number of carbonyl (C=O) groups excluding carboxylic acids is 3. The van der Waals surface area contributed by atoms with Crippen LogP contribution in [-0.4, -0.2) is 109 Å². The van der Waals surface area contributed by atoms with Gasteiger partial charge in [0.05, 0.1) is 42.6 Å². The highest BCUT2D eigenvalue weighted by Crippen LogP contribution is 2.55. The maximum atomic E-state index is 13.9. The van der Waals surface area contributed by atoms with Gasteiger partial charge in [0, 0.05) is 48.2 Å². The molecule has 13 heteroatoms. The fourth-order valence-corrected chi connectivity index (χ4v) is 7.95. The van der Waals surface area contributed by atoms with Gasteiger partial charge in [-0.3, -0.25) is 14.5 Å². The Morgan fingerprint density at radius 3 is 2.57 bits per heavy atom. The minimum atomic E-state index is -1.45. The molecule has 3 fully saturated rings. The second-order valence-electron chi connectivity index (χ2n) is 12.9. The van der Waals surface area contributed by atoms with Gasteiger partial charge >= 0.3 is 0 Å². The Morgan fingerprint density at radius 2 is 1.85 bits per heavy atom. The summed E-state index contributed by atoms with van der Waals surface area (Å²) in [5.41, 5.74) is -1.61. The average Bonchev–Trinajstić information content (AvgIpc) is 3.43.